The second-order valence-corrected chi connectivity index (χ2v) is 8.54. The number of carbonyl (C=O) groups is 2. The van der Waals surface area contributed by atoms with Crippen LogP contribution in [0.2, 0.25) is 0 Å². The molecule has 1 aliphatic rings. The zero-order chi connectivity index (χ0) is 22.6. The van der Waals surface area contributed by atoms with Crippen molar-refractivity contribution in [2.24, 2.45) is 5.92 Å². The number of rotatable bonds is 12. The molecule has 1 aromatic rings. The summed E-state index contributed by atoms with van der Waals surface area (Å²) in [5, 5.41) is 10.4. The van der Waals surface area contributed by atoms with Crippen molar-refractivity contribution in [1.82, 2.24) is 0 Å². The third kappa shape index (κ3) is 9.48. The van der Waals surface area contributed by atoms with E-state index >= 15 is 0 Å². The maximum Gasteiger partial charge on any atom is 0.306 e. The van der Waals surface area contributed by atoms with Crippen LogP contribution in [0.5, 0.6) is 0 Å². The predicted molar refractivity (Wildman–Crippen MR) is 125 cm³/mol. The van der Waals surface area contributed by atoms with Crippen molar-refractivity contribution in [2.45, 2.75) is 77.9 Å². The number of allylic oxidation sites excluding steroid dienone is 5. The molecule has 1 aromatic carbocycles. The number of hydrogen-bond donors (Lipinski definition) is 1. The Morgan fingerprint density at radius 1 is 1.26 bits per heavy atom. The lowest BCUT2D eigenvalue weighted by Gasteiger charge is -2.11. The Morgan fingerprint density at radius 2 is 2.06 bits per heavy atom. The number of hydrogen-bond acceptors (Lipinski definition) is 4. The summed E-state index contributed by atoms with van der Waals surface area (Å²) in [4.78, 5) is 23.7. The van der Waals surface area contributed by atoms with Gasteiger partial charge in [0.25, 0.3) is 0 Å². The lowest BCUT2D eigenvalue weighted by Crippen LogP contribution is -2.10. The zero-order valence-corrected chi connectivity index (χ0v) is 19.0. The topological polar surface area (TPSA) is 63.6 Å². The first-order valence-electron chi connectivity index (χ1n) is 11.4. The number of unbranched alkanes of at least 4 members (excludes halogenated alkanes) is 1. The molecule has 1 aliphatic carbocycles. The average molecular weight is 425 g/mol. The first-order valence-corrected chi connectivity index (χ1v) is 11.4. The van der Waals surface area contributed by atoms with Crippen molar-refractivity contribution in [2.75, 3.05) is 0 Å². The van der Waals surface area contributed by atoms with Gasteiger partial charge < -0.3 is 9.84 Å². The van der Waals surface area contributed by atoms with E-state index in [2.05, 4.69) is 37.3 Å². The van der Waals surface area contributed by atoms with Gasteiger partial charge in [-0.25, -0.2) is 0 Å². The lowest BCUT2D eigenvalue weighted by molar-refractivity contribution is -0.147. The molecule has 0 aromatic heterocycles. The zero-order valence-electron chi connectivity index (χ0n) is 19.0. The fourth-order valence-electron chi connectivity index (χ4n) is 3.67. The van der Waals surface area contributed by atoms with Crippen LogP contribution < -0.4 is 0 Å². The van der Waals surface area contributed by atoms with Gasteiger partial charge in [0.2, 0.25) is 0 Å². The second kappa shape index (κ2) is 13.1. The summed E-state index contributed by atoms with van der Waals surface area (Å²) in [6.07, 6.45) is 13.8. The van der Waals surface area contributed by atoms with Crippen LogP contribution in [0.4, 0.5) is 0 Å². The number of aliphatic hydroxyl groups excluding tert-OH is 1. The molecule has 0 saturated carbocycles. The quantitative estimate of drug-likeness (QED) is 0.210. The normalized spacial score (nSPS) is 18.4. The molecule has 0 radical (unpaired) electrons. The Labute approximate surface area is 186 Å². The Kier molecular flexibility index (Phi) is 10.5. The van der Waals surface area contributed by atoms with Gasteiger partial charge in [0.05, 0.1) is 12.2 Å². The molecule has 2 unspecified atom stereocenters. The molecule has 4 heteroatoms. The van der Waals surface area contributed by atoms with Crippen molar-refractivity contribution < 1.29 is 19.4 Å². The third-order valence-corrected chi connectivity index (χ3v) is 5.30. The molecule has 0 aliphatic heterocycles. The van der Waals surface area contributed by atoms with Crippen molar-refractivity contribution >= 4 is 11.8 Å². The fraction of sp³-hybridized carbons (Fsp3) is 0.481. The predicted octanol–water partition coefficient (Wildman–Crippen LogP) is 5.43. The highest BCUT2D eigenvalue weighted by Crippen LogP contribution is 2.26. The van der Waals surface area contributed by atoms with E-state index in [1.54, 1.807) is 6.08 Å². The van der Waals surface area contributed by atoms with Crippen LogP contribution in [0.1, 0.15) is 63.5 Å². The molecular weight excluding hydrogens is 388 g/mol. The number of aliphatic hydroxyl groups is 1. The van der Waals surface area contributed by atoms with Gasteiger partial charge in [-0.15, -0.1) is 0 Å². The summed E-state index contributed by atoms with van der Waals surface area (Å²) >= 11 is 0. The van der Waals surface area contributed by atoms with Gasteiger partial charge in [-0.3, -0.25) is 9.59 Å². The van der Waals surface area contributed by atoms with Crippen LogP contribution in [0.15, 0.2) is 60.2 Å². The van der Waals surface area contributed by atoms with E-state index < -0.39 is 6.10 Å². The number of carbonyl (C=O) groups excluding carboxylic acids is 2. The first kappa shape index (κ1) is 24.8. The minimum Gasteiger partial charge on any atom is -0.463 e. The van der Waals surface area contributed by atoms with E-state index in [1.165, 1.54) is 11.1 Å². The van der Waals surface area contributed by atoms with Gasteiger partial charge >= 0.3 is 5.97 Å². The Hall–Kier alpha value is -2.46. The minimum absolute atomic E-state index is 0.0423. The summed E-state index contributed by atoms with van der Waals surface area (Å²) in [6.45, 7) is 5.77. The smallest absolute Gasteiger partial charge is 0.306 e. The van der Waals surface area contributed by atoms with E-state index in [9.17, 15) is 14.7 Å². The number of benzene rings is 1. The summed E-state index contributed by atoms with van der Waals surface area (Å²) in [6, 6.07) is 8.33. The molecule has 0 heterocycles. The van der Waals surface area contributed by atoms with Crippen LogP contribution in [0.25, 0.3) is 0 Å². The Bertz CT molecular complexity index is 816. The summed E-state index contributed by atoms with van der Waals surface area (Å²) in [5.41, 5.74) is 3.23. The largest absolute Gasteiger partial charge is 0.463 e. The summed E-state index contributed by atoms with van der Waals surface area (Å²) in [5.74, 6) is -0.0433. The standard InChI is InChI=1S/C27H36O4/c1-20(2)31-27(30)12-7-5-4-6-11-23-14-18-26(29)25(23)17-16-24(28)15-13-22-10-8-9-21(3)19-22/h4,6,8-10,14,17-20,23-24,28H,5,7,11-13,15-16H2,1-3H3/b6-4-,25-17+. The molecule has 0 saturated heterocycles. The molecule has 2 rings (SSSR count). The van der Waals surface area contributed by atoms with Crippen molar-refractivity contribution in [3.63, 3.8) is 0 Å². The van der Waals surface area contributed by atoms with Crippen LogP contribution >= 0.6 is 0 Å². The third-order valence-electron chi connectivity index (χ3n) is 5.30. The molecule has 31 heavy (non-hydrogen) atoms. The molecule has 168 valence electrons. The van der Waals surface area contributed by atoms with Crippen molar-refractivity contribution in [3.8, 4) is 0 Å². The molecule has 4 nitrogen and oxygen atoms in total. The number of esters is 1. The Morgan fingerprint density at radius 3 is 2.81 bits per heavy atom. The monoisotopic (exact) mass is 424 g/mol. The summed E-state index contributed by atoms with van der Waals surface area (Å²) in [7, 11) is 0. The highest BCUT2D eigenvalue weighted by atomic mass is 16.5. The van der Waals surface area contributed by atoms with E-state index in [0.29, 0.717) is 19.3 Å². The van der Waals surface area contributed by atoms with E-state index in [1.807, 2.05) is 32.1 Å². The van der Waals surface area contributed by atoms with Gasteiger partial charge in [-0.1, -0.05) is 54.1 Å². The van der Waals surface area contributed by atoms with E-state index in [-0.39, 0.29) is 23.8 Å². The van der Waals surface area contributed by atoms with Gasteiger partial charge in [-0.05, 0) is 70.9 Å². The molecule has 1 N–H and O–H groups in total. The highest BCUT2D eigenvalue weighted by Gasteiger charge is 2.22. The Balaban J connectivity index is 1.73. The molecule has 0 spiro atoms. The molecule has 0 fully saturated rings. The maximum absolute atomic E-state index is 12.2. The first-order chi connectivity index (χ1) is 14.8. The lowest BCUT2D eigenvalue weighted by atomic mass is 9.95. The van der Waals surface area contributed by atoms with E-state index in [4.69, 9.17) is 4.74 Å². The maximum atomic E-state index is 12.2. The highest BCUT2D eigenvalue weighted by molar-refractivity contribution is 6.07. The number of aryl methyl sites for hydroxylation is 2. The SMILES string of the molecule is Cc1cccc(CCC(O)C/C=C2/C(=O)C=CC2C/C=C\CCCC(=O)OC(C)C)c1. The van der Waals surface area contributed by atoms with Crippen LogP contribution in [-0.4, -0.2) is 29.1 Å². The number of ether oxygens (including phenoxy) is 1. The van der Waals surface area contributed by atoms with Crippen LogP contribution in [-0.2, 0) is 20.7 Å². The minimum atomic E-state index is -0.455. The van der Waals surface area contributed by atoms with E-state index in [0.717, 1.165) is 31.3 Å². The fourth-order valence-corrected chi connectivity index (χ4v) is 3.67. The number of ketones is 1. The van der Waals surface area contributed by atoms with Crippen LogP contribution in [0.3, 0.4) is 0 Å². The average Bonchev–Trinajstić information content (AvgIpc) is 3.06. The molecule has 0 amide bonds. The molecular formula is C27H36O4. The van der Waals surface area contributed by atoms with Gasteiger partial charge in [-0.2, -0.15) is 0 Å². The summed E-state index contributed by atoms with van der Waals surface area (Å²) < 4.78 is 5.12. The van der Waals surface area contributed by atoms with Crippen molar-refractivity contribution in [1.29, 1.82) is 0 Å². The van der Waals surface area contributed by atoms with Crippen molar-refractivity contribution in [3.05, 3.63) is 71.3 Å². The van der Waals surface area contributed by atoms with Gasteiger partial charge in [0.15, 0.2) is 5.78 Å². The second-order valence-electron chi connectivity index (χ2n) is 8.54. The van der Waals surface area contributed by atoms with Gasteiger partial charge in [0, 0.05) is 17.9 Å². The van der Waals surface area contributed by atoms with Crippen LogP contribution in [0, 0.1) is 12.8 Å². The molecule has 2 atom stereocenters. The molecule has 0 bridgehead atoms. The van der Waals surface area contributed by atoms with Gasteiger partial charge in [0.1, 0.15) is 0 Å².